The molecule has 1 aliphatic rings. The van der Waals surface area contributed by atoms with E-state index in [0.717, 1.165) is 38.6 Å². The van der Waals surface area contributed by atoms with Crippen LogP contribution in [0, 0.1) is 11.3 Å². The van der Waals surface area contributed by atoms with Crippen molar-refractivity contribution in [3.63, 3.8) is 0 Å². The van der Waals surface area contributed by atoms with E-state index in [1.54, 1.807) is 0 Å². The van der Waals surface area contributed by atoms with E-state index < -0.39 is 0 Å². The molecule has 0 aromatic heterocycles. The van der Waals surface area contributed by atoms with Gasteiger partial charge in [0.25, 0.3) is 0 Å². The molecule has 126 valence electrons. The highest BCUT2D eigenvalue weighted by molar-refractivity contribution is 4.83. The largest absolute Gasteiger partial charge is 0.377 e. The van der Waals surface area contributed by atoms with Crippen molar-refractivity contribution in [3.05, 3.63) is 0 Å². The fraction of sp³-hybridized carbons (Fsp3) is 1.00. The van der Waals surface area contributed by atoms with Gasteiger partial charge in [0, 0.05) is 26.2 Å². The zero-order valence-electron chi connectivity index (χ0n) is 15.1. The third kappa shape index (κ3) is 7.62. The molecule has 0 bridgehead atoms. The molecule has 0 aromatic carbocycles. The first-order valence-electron chi connectivity index (χ1n) is 9.03. The van der Waals surface area contributed by atoms with E-state index in [-0.39, 0.29) is 0 Å². The third-order valence-corrected chi connectivity index (χ3v) is 4.58. The molecule has 0 spiro atoms. The predicted molar refractivity (Wildman–Crippen MR) is 91.8 cm³/mol. The molecule has 1 N–H and O–H groups in total. The summed E-state index contributed by atoms with van der Waals surface area (Å²) in [5.74, 6) is 0.730. The first-order chi connectivity index (χ1) is 9.99. The fourth-order valence-electron chi connectivity index (χ4n) is 3.07. The lowest BCUT2D eigenvalue weighted by Gasteiger charge is -2.39. The van der Waals surface area contributed by atoms with E-state index in [2.05, 4.69) is 44.8 Å². The Labute approximate surface area is 132 Å². The topological polar surface area (TPSA) is 24.5 Å². The maximum atomic E-state index is 5.97. The van der Waals surface area contributed by atoms with Gasteiger partial charge in [-0.3, -0.25) is 0 Å². The van der Waals surface area contributed by atoms with Gasteiger partial charge in [0.15, 0.2) is 0 Å². The minimum atomic E-state index is 0.377. The Morgan fingerprint density at radius 1 is 1.33 bits per heavy atom. The quantitative estimate of drug-likeness (QED) is 0.667. The van der Waals surface area contributed by atoms with Crippen LogP contribution in [0.4, 0.5) is 0 Å². The number of nitrogens with zero attached hydrogens (tertiary/aromatic N) is 1. The van der Waals surface area contributed by atoms with Gasteiger partial charge in [0.2, 0.25) is 0 Å². The lowest BCUT2D eigenvalue weighted by Crippen LogP contribution is -2.47. The van der Waals surface area contributed by atoms with E-state index in [9.17, 15) is 0 Å². The molecular formula is C18H38N2O. The first-order valence-corrected chi connectivity index (χ1v) is 9.03. The van der Waals surface area contributed by atoms with Crippen LogP contribution in [0.2, 0.25) is 0 Å². The normalized spacial score (nSPS) is 23.4. The fourth-order valence-corrected chi connectivity index (χ4v) is 3.07. The Bertz CT molecular complexity index is 270. The molecule has 1 heterocycles. The molecule has 2 unspecified atom stereocenters. The van der Waals surface area contributed by atoms with Crippen molar-refractivity contribution in [2.75, 3.05) is 39.3 Å². The van der Waals surface area contributed by atoms with E-state index in [4.69, 9.17) is 4.74 Å². The maximum absolute atomic E-state index is 5.97. The van der Waals surface area contributed by atoms with Crippen molar-refractivity contribution >= 4 is 0 Å². The summed E-state index contributed by atoms with van der Waals surface area (Å²) in [7, 11) is 0. The summed E-state index contributed by atoms with van der Waals surface area (Å²) in [6.45, 7) is 18.2. The van der Waals surface area contributed by atoms with Gasteiger partial charge in [-0.1, -0.05) is 34.6 Å². The van der Waals surface area contributed by atoms with Crippen LogP contribution in [0.1, 0.15) is 60.3 Å². The van der Waals surface area contributed by atoms with Gasteiger partial charge < -0.3 is 15.0 Å². The number of nitrogens with one attached hydrogen (secondary N) is 1. The second-order valence-electron chi connectivity index (χ2n) is 7.56. The number of ether oxygens (including phenoxy) is 1. The third-order valence-electron chi connectivity index (χ3n) is 4.58. The van der Waals surface area contributed by atoms with Crippen molar-refractivity contribution in [3.8, 4) is 0 Å². The van der Waals surface area contributed by atoms with E-state index in [0.29, 0.717) is 11.5 Å². The summed E-state index contributed by atoms with van der Waals surface area (Å²) < 4.78 is 5.97. The molecule has 1 rings (SSSR count). The standard InChI is InChI=1S/C18H38N2O/c1-6-11-21-17-9-8-10-20(13-17)15-18(5,7-2)14-19-12-16(3)4/h16-17,19H,6-15H2,1-5H3. The van der Waals surface area contributed by atoms with Crippen molar-refractivity contribution in [2.45, 2.75) is 66.4 Å². The summed E-state index contributed by atoms with van der Waals surface area (Å²) in [5.41, 5.74) is 0.377. The number of hydrogen-bond acceptors (Lipinski definition) is 3. The van der Waals surface area contributed by atoms with E-state index >= 15 is 0 Å². The number of piperidine rings is 1. The summed E-state index contributed by atoms with van der Waals surface area (Å²) >= 11 is 0. The summed E-state index contributed by atoms with van der Waals surface area (Å²) in [6, 6.07) is 0. The van der Waals surface area contributed by atoms with Crippen molar-refractivity contribution in [1.82, 2.24) is 10.2 Å². The maximum Gasteiger partial charge on any atom is 0.0702 e. The SMILES string of the molecule is CCCOC1CCCN(CC(C)(CC)CNCC(C)C)C1. The lowest BCUT2D eigenvalue weighted by molar-refractivity contribution is -0.0107. The van der Waals surface area contributed by atoms with Crippen molar-refractivity contribution in [1.29, 1.82) is 0 Å². The average Bonchev–Trinajstić information content (AvgIpc) is 2.45. The summed E-state index contributed by atoms with van der Waals surface area (Å²) in [4.78, 5) is 2.63. The highest BCUT2D eigenvalue weighted by atomic mass is 16.5. The summed E-state index contributed by atoms with van der Waals surface area (Å²) in [6.07, 6.45) is 5.35. The molecule has 0 saturated carbocycles. The number of rotatable bonds is 10. The molecular weight excluding hydrogens is 260 g/mol. The van der Waals surface area contributed by atoms with Gasteiger partial charge in [0.1, 0.15) is 0 Å². The molecule has 1 aliphatic heterocycles. The zero-order chi connectivity index (χ0) is 15.7. The van der Waals surface area contributed by atoms with Crippen LogP contribution in [0.5, 0.6) is 0 Å². The van der Waals surface area contributed by atoms with Gasteiger partial charge in [-0.25, -0.2) is 0 Å². The molecule has 1 saturated heterocycles. The van der Waals surface area contributed by atoms with Crippen LogP contribution >= 0.6 is 0 Å². The molecule has 0 radical (unpaired) electrons. The average molecular weight is 299 g/mol. The second kappa shape index (κ2) is 9.81. The molecule has 1 fully saturated rings. The van der Waals surface area contributed by atoms with Gasteiger partial charge in [-0.2, -0.15) is 0 Å². The Kier molecular flexibility index (Phi) is 8.84. The Morgan fingerprint density at radius 3 is 2.71 bits per heavy atom. The highest BCUT2D eigenvalue weighted by Crippen LogP contribution is 2.24. The van der Waals surface area contributed by atoms with Crippen LogP contribution < -0.4 is 5.32 Å². The van der Waals surface area contributed by atoms with Gasteiger partial charge in [-0.15, -0.1) is 0 Å². The molecule has 3 nitrogen and oxygen atoms in total. The lowest BCUT2D eigenvalue weighted by atomic mass is 9.86. The molecule has 0 aliphatic carbocycles. The van der Waals surface area contributed by atoms with Crippen LogP contribution in [0.15, 0.2) is 0 Å². The summed E-state index contributed by atoms with van der Waals surface area (Å²) in [5, 5.41) is 3.65. The molecule has 2 atom stereocenters. The highest BCUT2D eigenvalue weighted by Gasteiger charge is 2.28. The van der Waals surface area contributed by atoms with Gasteiger partial charge in [-0.05, 0) is 50.1 Å². The Balaban J connectivity index is 2.39. The van der Waals surface area contributed by atoms with Crippen molar-refractivity contribution < 1.29 is 4.74 Å². The molecule has 0 aromatic rings. The monoisotopic (exact) mass is 298 g/mol. The van der Waals surface area contributed by atoms with Crippen LogP contribution in [-0.4, -0.2) is 50.3 Å². The Hall–Kier alpha value is -0.120. The van der Waals surface area contributed by atoms with E-state index in [1.165, 1.54) is 32.4 Å². The van der Waals surface area contributed by atoms with Crippen molar-refractivity contribution in [2.24, 2.45) is 11.3 Å². The number of hydrogen-bond donors (Lipinski definition) is 1. The minimum absolute atomic E-state index is 0.377. The van der Waals surface area contributed by atoms with Crippen LogP contribution in [-0.2, 0) is 4.74 Å². The van der Waals surface area contributed by atoms with Crippen LogP contribution in [0.3, 0.4) is 0 Å². The molecule has 21 heavy (non-hydrogen) atoms. The molecule has 3 heteroatoms. The minimum Gasteiger partial charge on any atom is -0.377 e. The smallest absolute Gasteiger partial charge is 0.0702 e. The second-order valence-corrected chi connectivity index (χ2v) is 7.56. The number of likely N-dealkylation sites (tertiary alicyclic amines) is 1. The molecule has 0 amide bonds. The zero-order valence-corrected chi connectivity index (χ0v) is 15.1. The Morgan fingerprint density at radius 2 is 2.10 bits per heavy atom. The van der Waals surface area contributed by atoms with Gasteiger partial charge >= 0.3 is 0 Å². The van der Waals surface area contributed by atoms with Crippen LogP contribution in [0.25, 0.3) is 0 Å². The van der Waals surface area contributed by atoms with E-state index in [1.807, 2.05) is 0 Å². The van der Waals surface area contributed by atoms with Gasteiger partial charge in [0.05, 0.1) is 6.10 Å². The first kappa shape index (κ1) is 18.9. The predicted octanol–water partition coefficient (Wildman–Crippen LogP) is 3.54.